The Morgan fingerprint density at radius 2 is 1.71 bits per heavy atom. The molecule has 17 heavy (non-hydrogen) atoms. The van der Waals surface area contributed by atoms with E-state index >= 15 is 0 Å². The van der Waals surface area contributed by atoms with E-state index in [1.807, 2.05) is 0 Å². The van der Waals surface area contributed by atoms with Gasteiger partial charge in [0.05, 0.1) is 5.56 Å². The maximum atomic E-state index is 11.9. The quantitative estimate of drug-likeness (QED) is 0.600. The zero-order chi connectivity index (χ0) is 12.9. The summed E-state index contributed by atoms with van der Waals surface area (Å²) in [4.78, 5) is 11.7. The molecule has 1 aromatic carbocycles. The van der Waals surface area contributed by atoms with Crippen molar-refractivity contribution in [3.05, 3.63) is 35.9 Å². The van der Waals surface area contributed by atoms with Gasteiger partial charge in [0.1, 0.15) is 0 Å². The van der Waals surface area contributed by atoms with E-state index in [9.17, 15) is 9.36 Å². The molecule has 1 aromatic rings. The molecule has 0 heterocycles. The van der Waals surface area contributed by atoms with Crippen molar-refractivity contribution in [3.63, 3.8) is 0 Å². The van der Waals surface area contributed by atoms with Crippen molar-refractivity contribution in [1.29, 1.82) is 0 Å². The molecular formula is C11H15O5P. The average Bonchev–Trinajstić information content (AvgIpc) is 2.38. The smallest absolute Gasteiger partial charge is 0.370 e. The van der Waals surface area contributed by atoms with Crippen LogP contribution < -0.4 is 0 Å². The Morgan fingerprint density at radius 1 is 1.18 bits per heavy atom. The molecule has 0 N–H and O–H groups in total. The van der Waals surface area contributed by atoms with Crippen molar-refractivity contribution in [1.82, 2.24) is 0 Å². The number of esters is 1. The molecule has 0 aliphatic heterocycles. The molecule has 0 aliphatic carbocycles. The third-order valence-corrected chi connectivity index (χ3v) is 4.26. The Hall–Kier alpha value is -1.16. The summed E-state index contributed by atoms with van der Waals surface area (Å²) >= 11 is 0. The molecule has 0 radical (unpaired) electrons. The van der Waals surface area contributed by atoms with Gasteiger partial charge in [0.25, 0.3) is 0 Å². The molecule has 94 valence electrons. The zero-order valence-corrected chi connectivity index (χ0v) is 10.8. The van der Waals surface area contributed by atoms with Gasteiger partial charge in [-0.2, -0.15) is 0 Å². The van der Waals surface area contributed by atoms with Crippen molar-refractivity contribution in [3.8, 4) is 0 Å². The average molecular weight is 258 g/mol. The first kappa shape index (κ1) is 13.9. The summed E-state index contributed by atoms with van der Waals surface area (Å²) in [6, 6.07) is 8.44. The fourth-order valence-corrected chi connectivity index (χ4v) is 2.20. The number of carbonyl (C=O) groups is 1. The Bertz CT molecular complexity index is 409. The van der Waals surface area contributed by atoms with Gasteiger partial charge in [0, 0.05) is 14.2 Å². The molecule has 1 unspecified atom stereocenters. The first-order chi connectivity index (χ1) is 8.03. The highest BCUT2D eigenvalue weighted by Gasteiger charge is 2.33. The van der Waals surface area contributed by atoms with E-state index in [0.29, 0.717) is 5.56 Å². The summed E-state index contributed by atoms with van der Waals surface area (Å²) in [7, 11) is -0.895. The fourth-order valence-electron chi connectivity index (χ4n) is 1.23. The lowest BCUT2D eigenvalue weighted by Crippen LogP contribution is -2.17. The van der Waals surface area contributed by atoms with Crippen LogP contribution in [0.15, 0.2) is 30.3 Å². The van der Waals surface area contributed by atoms with Crippen LogP contribution in [-0.2, 0) is 18.3 Å². The van der Waals surface area contributed by atoms with Gasteiger partial charge in [-0.3, -0.25) is 4.57 Å². The van der Waals surface area contributed by atoms with Crippen LogP contribution in [0.1, 0.15) is 17.3 Å². The minimum Gasteiger partial charge on any atom is -0.446 e. The van der Waals surface area contributed by atoms with Crippen LogP contribution in [0.5, 0.6) is 0 Å². The Balaban J connectivity index is 2.73. The summed E-state index contributed by atoms with van der Waals surface area (Å²) in [6.45, 7) is 1.47. The summed E-state index contributed by atoms with van der Waals surface area (Å²) in [5, 5.41) is 0. The van der Waals surface area contributed by atoms with E-state index in [2.05, 4.69) is 0 Å². The molecule has 0 amide bonds. The van der Waals surface area contributed by atoms with Crippen LogP contribution in [0, 0.1) is 0 Å². The first-order valence-corrected chi connectivity index (χ1v) is 6.62. The maximum absolute atomic E-state index is 11.9. The molecule has 0 fully saturated rings. The fraction of sp³-hybridized carbons (Fsp3) is 0.364. The second-order valence-electron chi connectivity index (χ2n) is 3.28. The minimum absolute atomic E-state index is 0.387. The lowest BCUT2D eigenvalue weighted by molar-refractivity contribution is 0.0414. The molecule has 1 atom stereocenters. The zero-order valence-electron chi connectivity index (χ0n) is 9.95. The van der Waals surface area contributed by atoms with Crippen molar-refractivity contribution in [2.75, 3.05) is 14.2 Å². The molecule has 6 heteroatoms. The highest BCUT2D eigenvalue weighted by molar-refractivity contribution is 7.54. The SMILES string of the molecule is COP(=O)(OC)C(C)OC(=O)c1ccccc1. The van der Waals surface area contributed by atoms with Gasteiger partial charge in [0.2, 0.25) is 0 Å². The summed E-state index contributed by atoms with van der Waals surface area (Å²) < 4.78 is 26.4. The van der Waals surface area contributed by atoms with Crippen LogP contribution in [0.3, 0.4) is 0 Å². The number of hydrogen-bond acceptors (Lipinski definition) is 5. The number of benzene rings is 1. The van der Waals surface area contributed by atoms with Crippen LogP contribution in [0.2, 0.25) is 0 Å². The minimum atomic E-state index is -3.39. The molecular weight excluding hydrogens is 243 g/mol. The highest BCUT2D eigenvalue weighted by Crippen LogP contribution is 2.51. The highest BCUT2D eigenvalue weighted by atomic mass is 31.2. The Morgan fingerprint density at radius 3 is 2.18 bits per heavy atom. The second-order valence-corrected chi connectivity index (χ2v) is 5.81. The van der Waals surface area contributed by atoms with E-state index in [4.69, 9.17) is 13.8 Å². The van der Waals surface area contributed by atoms with Gasteiger partial charge in [-0.1, -0.05) is 18.2 Å². The molecule has 0 spiro atoms. The molecule has 0 aromatic heterocycles. The van der Waals surface area contributed by atoms with Crippen LogP contribution in [0.25, 0.3) is 0 Å². The summed E-state index contributed by atoms with van der Waals surface area (Å²) in [5.41, 5.74) is 0.387. The molecule has 1 rings (SSSR count). The number of carbonyl (C=O) groups excluding carboxylic acids is 1. The van der Waals surface area contributed by atoms with E-state index in [1.54, 1.807) is 30.3 Å². The standard InChI is InChI=1S/C11H15O5P/c1-9(17(13,14-2)15-3)16-11(12)10-7-5-4-6-8-10/h4-9H,1-3H3. The van der Waals surface area contributed by atoms with Gasteiger partial charge in [-0.15, -0.1) is 0 Å². The van der Waals surface area contributed by atoms with Crippen LogP contribution in [-0.4, -0.2) is 26.0 Å². The van der Waals surface area contributed by atoms with Crippen molar-refractivity contribution in [2.45, 2.75) is 12.8 Å². The van der Waals surface area contributed by atoms with E-state index in [-0.39, 0.29) is 0 Å². The van der Waals surface area contributed by atoms with Crippen LogP contribution >= 0.6 is 7.60 Å². The molecule has 5 nitrogen and oxygen atoms in total. The van der Waals surface area contributed by atoms with Gasteiger partial charge >= 0.3 is 13.6 Å². The van der Waals surface area contributed by atoms with Crippen LogP contribution in [0.4, 0.5) is 0 Å². The third-order valence-electron chi connectivity index (χ3n) is 2.24. The van der Waals surface area contributed by atoms with E-state index in [1.165, 1.54) is 21.1 Å². The lowest BCUT2D eigenvalue weighted by atomic mass is 10.2. The van der Waals surface area contributed by atoms with Gasteiger partial charge in [-0.25, -0.2) is 4.79 Å². The normalized spacial score (nSPS) is 13.1. The maximum Gasteiger partial charge on any atom is 0.370 e. The number of rotatable bonds is 5. The second kappa shape index (κ2) is 5.96. The van der Waals surface area contributed by atoms with Gasteiger partial charge in [-0.05, 0) is 19.1 Å². The third kappa shape index (κ3) is 3.40. The largest absolute Gasteiger partial charge is 0.446 e. The monoisotopic (exact) mass is 258 g/mol. The molecule has 0 saturated carbocycles. The van der Waals surface area contributed by atoms with Gasteiger partial charge < -0.3 is 13.8 Å². The number of ether oxygens (including phenoxy) is 1. The van der Waals surface area contributed by atoms with E-state index in [0.717, 1.165) is 0 Å². The topological polar surface area (TPSA) is 61.8 Å². The summed E-state index contributed by atoms with van der Waals surface area (Å²) in [5.74, 6) is -1.52. The first-order valence-electron chi connectivity index (χ1n) is 5.00. The molecule has 0 bridgehead atoms. The van der Waals surface area contributed by atoms with Crippen molar-refractivity contribution >= 4 is 13.6 Å². The predicted molar refractivity (Wildman–Crippen MR) is 62.9 cm³/mol. The predicted octanol–water partition coefficient (Wildman–Crippen LogP) is 2.68. The Labute approximate surface area is 100 Å². The summed E-state index contributed by atoms with van der Waals surface area (Å²) in [6.07, 6.45) is 0. The van der Waals surface area contributed by atoms with Crippen molar-refractivity contribution < 1.29 is 23.1 Å². The molecule has 0 aliphatic rings. The van der Waals surface area contributed by atoms with Gasteiger partial charge in [0.15, 0.2) is 5.85 Å². The van der Waals surface area contributed by atoms with Crippen molar-refractivity contribution in [2.24, 2.45) is 0 Å². The van der Waals surface area contributed by atoms with E-state index < -0.39 is 19.4 Å². The molecule has 0 saturated heterocycles. The lowest BCUT2D eigenvalue weighted by Gasteiger charge is -2.20. The number of hydrogen-bond donors (Lipinski definition) is 0. The Kier molecular flexibility index (Phi) is 4.87.